The molecule has 8 nitrogen and oxygen atoms in total. The molecule has 170 valence electrons. The first-order chi connectivity index (χ1) is 15.1. The molecular weight excluding hydrogens is 471 g/mol. The summed E-state index contributed by atoms with van der Waals surface area (Å²) in [5, 5.41) is 13.1. The molecule has 1 aromatic heterocycles. The molecule has 0 saturated carbocycles. The number of anilines is 2. The molecule has 0 aliphatic rings. The van der Waals surface area contributed by atoms with Gasteiger partial charge >= 0.3 is 6.09 Å². The normalized spacial score (nSPS) is 12.3. The Morgan fingerprint density at radius 2 is 1.84 bits per heavy atom. The van der Waals surface area contributed by atoms with Crippen molar-refractivity contribution in [2.24, 2.45) is 0 Å². The number of sulfonamides is 1. The standard InChI is InChI=1S/C19H16F3N3O5S2/c1-10(13-7-12(30-2)3-4-14(13)20)24-11-5-15(21)18(16(22)6-11)32(28,29)25(19(26)27)17-8-31-9-23-17/h3-10,24H,1-2H3,(H,26,27). The van der Waals surface area contributed by atoms with Gasteiger partial charge in [-0.2, -0.15) is 0 Å². The van der Waals surface area contributed by atoms with Gasteiger partial charge < -0.3 is 15.2 Å². The number of carboxylic acid groups (broad SMARTS) is 1. The molecule has 1 heterocycles. The van der Waals surface area contributed by atoms with Crippen LogP contribution in [-0.4, -0.2) is 31.7 Å². The van der Waals surface area contributed by atoms with Gasteiger partial charge in [0.15, 0.2) is 10.7 Å². The minimum atomic E-state index is -5.17. The summed E-state index contributed by atoms with van der Waals surface area (Å²) in [6.07, 6.45) is -1.99. The second-order valence-corrected chi connectivity index (χ2v) is 8.86. The van der Waals surface area contributed by atoms with Gasteiger partial charge in [-0.25, -0.2) is 31.4 Å². The predicted molar refractivity (Wildman–Crippen MR) is 111 cm³/mol. The summed E-state index contributed by atoms with van der Waals surface area (Å²) in [6, 6.07) is 4.54. The van der Waals surface area contributed by atoms with Crippen molar-refractivity contribution in [1.29, 1.82) is 0 Å². The highest BCUT2D eigenvalue weighted by Gasteiger charge is 2.37. The van der Waals surface area contributed by atoms with Crippen molar-refractivity contribution < 1.29 is 36.2 Å². The Kier molecular flexibility index (Phi) is 6.60. The van der Waals surface area contributed by atoms with Crippen molar-refractivity contribution >= 4 is 39.0 Å². The van der Waals surface area contributed by atoms with E-state index in [1.807, 2.05) is 0 Å². The number of hydrogen-bond donors (Lipinski definition) is 2. The van der Waals surface area contributed by atoms with Crippen LogP contribution in [0.5, 0.6) is 5.75 Å². The van der Waals surface area contributed by atoms with Crippen LogP contribution in [0.25, 0.3) is 0 Å². The Labute approximate surface area is 185 Å². The number of nitrogens with one attached hydrogen (secondary N) is 1. The van der Waals surface area contributed by atoms with Crippen molar-refractivity contribution in [3.8, 4) is 5.75 Å². The van der Waals surface area contributed by atoms with Gasteiger partial charge in [0.1, 0.15) is 23.2 Å². The van der Waals surface area contributed by atoms with E-state index in [9.17, 15) is 31.5 Å². The molecule has 3 aromatic rings. The van der Waals surface area contributed by atoms with Gasteiger partial charge in [-0.1, -0.05) is 0 Å². The Balaban J connectivity index is 1.97. The molecule has 3 rings (SSSR count). The second-order valence-electron chi connectivity index (χ2n) is 6.42. The van der Waals surface area contributed by atoms with E-state index in [2.05, 4.69) is 10.3 Å². The van der Waals surface area contributed by atoms with Crippen LogP contribution >= 0.6 is 11.3 Å². The fourth-order valence-corrected chi connectivity index (χ4v) is 4.85. The zero-order chi connectivity index (χ0) is 23.6. The molecule has 2 N–H and O–H groups in total. The van der Waals surface area contributed by atoms with E-state index in [1.54, 1.807) is 0 Å². The summed E-state index contributed by atoms with van der Waals surface area (Å²) in [5.41, 5.74) is 1.12. The number of benzene rings is 2. The molecule has 1 atom stereocenters. The molecule has 0 spiro atoms. The maximum Gasteiger partial charge on any atom is 0.427 e. The average Bonchev–Trinajstić information content (AvgIpc) is 3.20. The van der Waals surface area contributed by atoms with E-state index in [0.717, 1.165) is 16.7 Å². The van der Waals surface area contributed by atoms with Crippen LogP contribution in [-0.2, 0) is 10.0 Å². The largest absolute Gasteiger partial charge is 0.497 e. The summed E-state index contributed by atoms with van der Waals surface area (Å²) >= 11 is 0.898. The molecule has 0 aliphatic carbocycles. The highest BCUT2D eigenvalue weighted by molar-refractivity contribution is 7.93. The number of thiazole rings is 1. The van der Waals surface area contributed by atoms with E-state index in [0.29, 0.717) is 17.9 Å². The first-order valence-electron chi connectivity index (χ1n) is 8.81. The Hall–Kier alpha value is -3.32. The van der Waals surface area contributed by atoms with E-state index in [-0.39, 0.29) is 15.6 Å². The van der Waals surface area contributed by atoms with Crippen LogP contribution < -0.4 is 14.4 Å². The first kappa shape index (κ1) is 23.3. The predicted octanol–water partition coefficient (Wildman–Crippen LogP) is 4.62. The number of nitrogens with zero attached hydrogens (tertiary/aromatic N) is 2. The third-order valence-corrected chi connectivity index (χ3v) is 6.65. The lowest BCUT2D eigenvalue weighted by Gasteiger charge is -2.20. The zero-order valence-corrected chi connectivity index (χ0v) is 18.2. The first-order valence-corrected chi connectivity index (χ1v) is 11.2. The quantitative estimate of drug-likeness (QED) is 0.501. The van der Waals surface area contributed by atoms with E-state index in [1.165, 1.54) is 37.7 Å². The van der Waals surface area contributed by atoms with Crippen molar-refractivity contribution in [1.82, 2.24) is 4.98 Å². The lowest BCUT2D eigenvalue weighted by Crippen LogP contribution is -2.37. The van der Waals surface area contributed by atoms with Crippen LogP contribution in [0.2, 0.25) is 0 Å². The maximum atomic E-state index is 14.7. The number of halogens is 3. The number of amides is 1. The fourth-order valence-electron chi connectivity index (χ4n) is 2.92. The number of ether oxygens (including phenoxy) is 1. The molecule has 1 amide bonds. The molecule has 0 aliphatic heterocycles. The number of hydrogen-bond acceptors (Lipinski definition) is 7. The van der Waals surface area contributed by atoms with Gasteiger partial charge in [0, 0.05) is 16.6 Å². The molecule has 0 saturated heterocycles. The monoisotopic (exact) mass is 487 g/mol. The molecule has 32 heavy (non-hydrogen) atoms. The van der Waals surface area contributed by atoms with Gasteiger partial charge in [0.25, 0.3) is 10.0 Å². The molecule has 0 radical (unpaired) electrons. The van der Waals surface area contributed by atoms with Gasteiger partial charge in [-0.05, 0) is 37.3 Å². The summed E-state index contributed by atoms with van der Waals surface area (Å²) in [7, 11) is -3.78. The Morgan fingerprint density at radius 1 is 1.19 bits per heavy atom. The molecule has 0 bridgehead atoms. The number of aromatic nitrogens is 1. The Morgan fingerprint density at radius 3 is 2.38 bits per heavy atom. The van der Waals surface area contributed by atoms with E-state index >= 15 is 0 Å². The topological polar surface area (TPSA) is 109 Å². The third kappa shape index (κ3) is 4.48. The minimum absolute atomic E-state index is 0.141. The third-order valence-electron chi connectivity index (χ3n) is 4.35. The molecule has 0 fully saturated rings. The van der Waals surface area contributed by atoms with Crippen molar-refractivity contribution in [3.05, 3.63) is 64.2 Å². The average molecular weight is 487 g/mol. The fraction of sp³-hybridized carbons (Fsp3) is 0.158. The lowest BCUT2D eigenvalue weighted by molar-refractivity contribution is 0.206. The Bertz CT molecular complexity index is 1230. The van der Waals surface area contributed by atoms with Crippen molar-refractivity contribution in [2.75, 3.05) is 16.7 Å². The number of rotatable bonds is 7. The lowest BCUT2D eigenvalue weighted by atomic mass is 10.1. The number of carbonyl (C=O) groups is 1. The van der Waals surface area contributed by atoms with E-state index < -0.39 is 50.3 Å². The van der Waals surface area contributed by atoms with Crippen LogP contribution in [0.1, 0.15) is 18.5 Å². The van der Waals surface area contributed by atoms with Crippen molar-refractivity contribution in [2.45, 2.75) is 17.9 Å². The second kappa shape index (κ2) is 9.04. The van der Waals surface area contributed by atoms with Gasteiger partial charge in [-0.3, -0.25) is 0 Å². The highest BCUT2D eigenvalue weighted by atomic mass is 32.2. The SMILES string of the molecule is COc1ccc(F)c(C(C)Nc2cc(F)c(S(=O)(=O)N(C(=O)O)c3cscn3)c(F)c2)c1. The maximum absolute atomic E-state index is 14.7. The minimum Gasteiger partial charge on any atom is -0.497 e. The molecule has 13 heteroatoms. The molecule has 1 unspecified atom stereocenters. The number of methoxy groups -OCH3 is 1. The summed E-state index contributed by atoms with van der Waals surface area (Å²) < 4.78 is 73.9. The molecular formula is C19H16F3N3O5S2. The van der Waals surface area contributed by atoms with Gasteiger partial charge in [0.05, 0.1) is 18.7 Å². The molecule has 2 aromatic carbocycles. The van der Waals surface area contributed by atoms with Crippen molar-refractivity contribution in [3.63, 3.8) is 0 Å². The van der Waals surface area contributed by atoms with Gasteiger partial charge in [-0.15, -0.1) is 15.6 Å². The van der Waals surface area contributed by atoms with Crippen LogP contribution in [0.3, 0.4) is 0 Å². The summed E-state index contributed by atoms with van der Waals surface area (Å²) in [5.74, 6) is -3.82. The zero-order valence-electron chi connectivity index (χ0n) is 16.5. The van der Waals surface area contributed by atoms with E-state index in [4.69, 9.17) is 4.74 Å². The van der Waals surface area contributed by atoms with Crippen LogP contribution in [0, 0.1) is 17.5 Å². The summed E-state index contributed by atoms with van der Waals surface area (Å²) in [4.78, 5) is 13.6. The van der Waals surface area contributed by atoms with Crippen LogP contribution in [0.4, 0.5) is 29.5 Å². The highest BCUT2D eigenvalue weighted by Crippen LogP contribution is 2.31. The summed E-state index contributed by atoms with van der Waals surface area (Å²) in [6.45, 7) is 1.52. The smallest absolute Gasteiger partial charge is 0.427 e. The van der Waals surface area contributed by atoms with Crippen LogP contribution in [0.15, 0.2) is 46.1 Å². The van der Waals surface area contributed by atoms with Gasteiger partial charge in [0.2, 0.25) is 0 Å².